The molecule has 0 fully saturated rings. The molecule has 0 aliphatic heterocycles. The summed E-state index contributed by atoms with van der Waals surface area (Å²) >= 11 is 13.5. The number of aromatic nitrogens is 3. The van der Waals surface area contributed by atoms with Crippen LogP contribution >= 0.6 is 79.4 Å². The smallest absolute Gasteiger partial charge is 0.0713 e. The molecule has 626 valence electrons. The van der Waals surface area contributed by atoms with Crippen molar-refractivity contribution < 1.29 is 0 Å². The lowest BCUT2D eigenvalue weighted by atomic mass is 9.68. The molecule has 0 radical (unpaired) electrons. The molecule has 10 heteroatoms. The minimum absolute atomic E-state index is 0.00222. The summed E-state index contributed by atoms with van der Waals surface area (Å²) in [6.45, 7) is 4.71. The zero-order valence-electron chi connectivity index (χ0n) is 72.4. The van der Waals surface area contributed by atoms with E-state index < -0.39 is 5.41 Å². The fourth-order valence-electron chi connectivity index (χ4n) is 23.7. The van der Waals surface area contributed by atoms with Crippen molar-refractivity contribution in [2.24, 2.45) is 0 Å². The molecular weight excluding hydrogens is 1760 g/mol. The van der Waals surface area contributed by atoms with Crippen molar-refractivity contribution in [2.75, 3.05) is 0 Å². The normalized spacial score (nSPS) is 13.4. The van der Waals surface area contributed by atoms with Crippen molar-refractivity contribution in [3.05, 3.63) is 440 Å². The highest BCUT2D eigenvalue weighted by atomic mass is 32.1. The van der Waals surface area contributed by atoms with Gasteiger partial charge < -0.3 is 13.7 Å². The maximum absolute atomic E-state index is 2.53. The SMILES string of the molecule is CC1(C)c2ccccc2-c2cc(-n3c4ccc5c6ccccc6sc5c4c4c5sc6ccccc6c5ccc43)ccc21.c1ccc(C2(c3ccccc3)c3ccccc3-c3cc(-n4c5ccc6c7ccccc7sc6c5c5c6sc7ccccc7c6ccc54)ccc32)cc1.c1ccc2c(c1)sc1ccc(-n3c4ccc5c6ccccc6sc5c4c4c5sc6ccccc6c5ccc43)cc12. The Balaban J connectivity index is 0.0000000970. The first-order valence-corrected chi connectivity index (χ1v) is 51.5. The van der Waals surface area contributed by atoms with Gasteiger partial charge >= 0.3 is 0 Å². The molecule has 10 heterocycles. The Kier molecular flexibility index (Phi) is 16.1. The predicted octanol–water partition coefficient (Wildman–Crippen LogP) is 37.6. The van der Waals surface area contributed by atoms with Gasteiger partial charge in [0.1, 0.15) is 0 Å². The second-order valence-corrected chi connectivity index (χ2v) is 43.9. The van der Waals surface area contributed by atoms with E-state index in [4.69, 9.17) is 0 Å². The van der Waals surface area contributed by atoms with Gasteiger partial charge in [-0.2, -0.15) is 0 Å². The van der Waals surface area contributed by atoms with Gasteiger partial charge in [-0.1, -0.05) is 299 Å². The highest BCUT2D eigenvalue weighted by Gasteiger charge is 2.46. The molecule has 20 aromatic carbocycles. The third kappa shape index (κ3) is 10.5. The zero-order valence-corrected chi connectivity index (χ0v) is 78.1. The molecule has 0 bridgehead atoms. The van der Waals surface area contributed by atoms with Crippen LogP contribution in [0.5, 0.6) is 0 Å². The van der Waals surface area contributed by atoms with Crippen LogP contribution in [0.2, 0.25) is 0 Å². The van der Waals surface area contributed by atoms with E-state index in [0.717, 1.165) is 0 Å². The summed E-state index contributed by atoms with van der Waals surface area (Å²) in [6, 6.07) is 152. The van der Waals surface area contributed by atoms with Gasteiger partial charge in [0.15, 0.2) is 0 Å². The van der Waals surface area contributed by atoms with Crippen molar-refractivity contribution in [2.45, 2.75) is 24.7 Å². The van der Waals surface area contributed by atoms with Gasteiger partial charge in [0, 0.05) is 196 Å². The van der Waals surface area contributed by atoms with Crippen molar-refractivity contribution in [1.29, 1.82) is 0 Å². The van der Waals surface area contributed by atoms with Crippen molar-refractivity contribution in [1.82, 2.24) is 13.7 Å². The Labute approximate surface area is 796 Å². The van der Waals surface area contributed by atoms with Crippen LogP contribution in [0.1, 0.15) is 47.2 Å². The molecule has 134 heavy (non-hydrogen) atoms. The standard InChI is InChI=1S/C49H29NS2.C39H25NS2.C36H19NS3/c1-3-13-30(14-4-1)49(31-15-5-2-6-16-31)39-20-10-7-17-33(39)38-29-32(23-26-40(38)49)50-41-27-24-36-34-18-8-11-21-43(34)51-47(36)45(41)46-42(50)28-25-37-35-19-9-12-22-44(35)52-48(37)46;1-39(2)29-12-6-3-9-23(29)28-21-22(15-18-30(28)39)40-31-19-16-26-24-10-4-7-13-33(24)41-37(26)35(31)36-32(40)20-17-27-25-11-5-8-14-34(25)42-38(27)36;1-5-11-30-21(7-1)24-14-16-27-33(35(24)39-30)34-28(17-15-25-22-8-2-6-12-31(22)40-36(25)34)37(27)20-13-18-32-26(19-20)23-9-3-4-10-29(23)38-32/h1-29H;3-21H,1-2H3;1-19H. The highest BCUT2D eigenvalue weighted by Crippen LogP contribution is 2.60. The van der Waals surface area contributed by atoms with E-state index in [1.54, 1.807) is 0 Å². The van der Waals surface area contributed by atoms with Crippen molar-refractivity contribution in [3.8, 4) is 39.3 Å². The number of nitrogens with zero attached hydrogens (tertiary/aromatic N) is 3. The lowest BCUT2D eigenvalue weighted by Gasteiger charge is -2.33. The fourth-order valence-corrected chi connectivity index (χ4v) is 32.3. The summed E-state index contributed by atoms with van der Waals surface area (Å²) in [7, 11) is 0. The maximum atomic E-state index is 2.53. The van der Waals surface area contributed by atoms with Crippen molar-refractivity contribution in [3.63, 3.8) is 0 Å². The van der Waals surface area contributed by atoms with Gasteiger partial charge in [0.25, 0.3) is 0 Å². The van der Waals surface area contributed by atoms with Crippen LogP contribution < -0.4 is 0 Å². The van der Waals surface area contributed by atoms with Gasteiger partial charge in [0.05, 0.1) is 38.5 Å². The monoisotopic (exact) mass is 1830 g/mol. The van der Waals surface area contributed by atoms with E-state index in [9.17, 15) is 0 Å². The number of hydrogen-bond donors (Lipinski definition) is 0. The van der Waals surface area contributed by atoms with Crippen LogP contribution in [-0.2, 0) is 10.8 Å². The van der Waals surface area contributed by atoms with Crippen LogP contribution in [0, 0.1) is 0 Å². The molecule has 0 atom stereocenters. The first kappa shape index (κ1) is 76.0. The van der Waals surface area contributed by atoms with E-state index >= 15 is 0 Å². The maximum Gasteiger partial charge on any atom is 0.0713 e. The molecule has 10 aromatic heterocycles. The van der Waals surface area contributed by atoms with E-state index in [-0.39, 0.29) is 5.41 Å². The van der Waals surface area contributed by atoms with E-state index in [1.165, 1.54) is 279 Å². The Morgan fingerprint density at radius 1 is 0.172 bits per heavy atom. The first-order valence-electron chi connectivity index (χ1n) is 45.8. The van der Waals surface area contributed by atoms with Crippen LogP contribution in [0.4, 0.5) is 0 Å². The van der Waals surface area contributed by atoms with Gasteiger partial charge in [-0.15, -0.1) is 79.4 Å². The molecule has 0 saturated heterocycles. The van der Waals surface area contributed by atoms with E-state index in [0.29, 0.717) is 0 Å². The van der Waals surface area contributed by atoms with Gasteiger partial charge in [-0.05, 0) is 177 Å². The summed E-state index contributed by atoms with van der Waals surface area (Å²) < 4.78 is 26.6. The average Bonchev–Trinajstić information content (AvgIpc) is 1.54. The Morgan fingerprint density at radius 3 is 0.761 bits per heavy atom. The third-order valence-corrected chi connectivity index (χ3v) is 37.9. The number of hydrogen-bond acceptors (Lipinski definition) is 7. The van der Waals surface area contributed by atoms with Crippen LogP contribution in [0.15, 0.2) is 406 Å². The lowest BCUT2D eigenvalue weighted by molar-refractivity contribution is 0.660. The molecule has 0 saturated carbocycles. The van der Waals surface area contributed by atoms with Crippen LogP contribution in [0.3, 0.4) is 0 Å². The Bertz CT molecular complexity index is 9940. The van der Waals surface area contributed by atoms with E-state index in [2.05, 4.69) is 434 Å². The molecule has 0 N–H and O–H groups in total. The fraction of sp³-hybridized carbons (Fsp3) is 0.0323. The summed E-state index contributed by atoms with van der Waals surface area (Å²) in [4.78, 5) is 0. The second kappa shape index (κ2) is 28.4. The molecule has 32 rings (SSSR count). The summed E-state index contributed by atoms with van der Waals surface area (Å²) in [5, 5.41) is 27.0. The Morgan fingerprint density at radius 2 is 0.410 bits per heavy atom. The predicted molar refractivity (Wildman–Crippen MR) is 587 cm³/mol. The van der Waals surface area contributed by atoms with E-state index in [1.807, 2.05) is 79.4 Å². The average molecular weight is 1830 g/mol. The largest absolute Gasteiger partial charge is 0.309 e. The molecule has 30 aromatic rings. The number of fused-ring (bicyclic) bond motifs is 42. The molecule has 0 spiro atoms. The molecule has 0 amide bonds. The number of benzene rings is 20. The molecular formula is C124H73N3S7. The molecule has 0 unspecified atom stereocenters. The summed E-state index contributed by atoms with van der Waals surface area (Å²) in [5.74, 6) is 0. The Hall–Kier alpha value is -14.7. The van der Waals surface area contributed by atoms with Crippen molar-refractivity contribution >= 4 is 286 Å². The topological polar surface area (TPSA) is 14.8 Å². The molecule has 2 aliphatic rings. The number of rotatable bonds is 5. The molecule has 2 aliphatic carbocycles. The van der Waals surface area contributed by atoms with Crippen LogP contribution in [-0.4, -0.2) is 13.7 Å². The third-order valence-electron chi connectivity index (χ3n) is 29.5. The first-order chi connectivity index (χ1) is 66.2. The van der Waals surface area contributed by atoms with Gasteiger partial charge in [-0.25, -0.2) is 0 Å². The number of thiophene rings is 7. The second-order valence-electron chi connectivity index (χ2n) is 36.6. The summed E-state index contributed by atoms with van der Waals surface area (Å²) in [6.07, 6.45) is 0. The lowest BCUT2D eigenvalue weighted by Crippen LogP contribution is -2.28. The van der Waals surface area contributed by atoms with Gasteiger partial charge in [-0.3, -0.25) is 0 Å². The van der Waals surface area contributed by atoms with Gasteiger partial charge in [0.2, 0.25) is 0 Å². The molecule has 3 nitrogen and oxygen atoms in total. The minimum atomic E-state index is -0.416. The zero-order chi connectivity index (χ0) is 87.7. The quantitative estimate of drug-likeness (QED) is 0.163. The highest BCUT2D eigenvalue weighted by molar-refractivity contribution is 7.30. The van der Waals surface area contributed by atoms with Crippen LogP contribution in [0.25, 0.3) is 246 Å². The minimum Gasteiger partial charge on any atom is -0.309 e. The summed E-state index contributed by atoms with van der Waals surface area (Å²) in [5.41, 5.74) is 24.2.